The second-order valence-electron chi connectivity index (χ2n) is 3.51. The van der Waals surface area contributed by atoms with Crippen LogP contribution in [0.15, 0.2) is 39.2 Å². The van der Waals surface area contributed by atoms with Crippen molar-refractivity contribution in [3.05, 3.63) is 46.1 Å². The molecular weight excluding hydrogens is 300 g/mol. The van der Waals surface area contributed by atoms with E-state index in [2.05, 4.69) is 20.7 Å². The van der Waals surface area contributed by atoms with Crippen LogP contribution >= 0.6 is 15.9 Å². The molecule has 0 saturated heterocycles. The highest BCUT2D eigenvalue weighted by atomic mass is 79.9. The Morgan fingerprint density at radius 3 is 2.72 bits per heavy atom. The molecule has 0 bridgehead atoms. The Morgan fingerprint density at radius 1 is 1.33 bits per heavy atom. The minimum atomic E-state index is -0.439. The van der Waals surface area contributed by atoms with E-state index in [0.29, 0.717) is 27.6 Å². The van der Waals surface area contributed by atoms with Gasteiger partial charge >= 0.3 is 5.97 Å². The van der Waals surface area contributed by atoms with Crippen LogP contribution in [0.25, 0.3) is 11.3 Å². The molecule has 0 spiro atoms. The van der Waals surface area contributed by atoms with Gasteiger partial charge in [0, 0.05) is 10.0 Å². The van der Waals surface area contributed by atoms with Crippen molar-refractivity contribution in [3.8, 4) is 11.3 Å². The SMILES string of the molecule is COC(=O)c1cc(-c2ccc(C=O)o2)ccc1Br. The molecule has 0 aliphatic rings. The van der Waals surface area contributed by atoms with Crippen LogP contribution in [-0.2, 0) is 4.74 Å². The molecule has 0 unspecified atom stereocenters. The highest BCUT2D eigenvalue weighted by Gasteiger charge is 2.13. The number of rotatable bonds is 3. The average molecular weight is 309 g/mol. The van der Waals surface area contributed by atoms with Crippen LogP contribution in [0, 0.1) is 0 Å². The molecule has 2 aromatic rings. The van der Waals surface area contributed by atoms with Gasteiger partial charge in [-0.25, -0.2) is 4.79 Å². The highest BCUT2D eigenvalue weighted by molar-refractivity contribution is 9.10. The summed E-state index contributed by atoms with van der Waals surface area (Å²) in [5, 5.41) is 0. The zero-order chi connectivity index (χ0) is 13.1. The molecule has 92 valence electrons. The molecular formula is C13H9BrO4. The van der Waals surface area contributed by atoms with Gasteiger partial charge in [0.1, 0.15) is 5.76 Å². The third-order valence-corrected chi connectivity index (χ3v) is 3.09. The van der Waals surface area contributed by atoms with E-state index < -0.39 is 5.97 Å². The van der Waals surface area contributed by atoms with Gasteiger partial charge in [0.25, 0.3) is 0 Å². The molecule has 0 saturated carbocycles. The van der Waals surface area contributed by atoms with Gasteiger partial charge in [0.05, 0.1) is 12.7 Å². The lowest BCUT2D eigenvalue weighted by Crippen LogP contribution is -2.02. The summed E-state index contributed by atoms with van der Waals surface area (Å²) in [6.07, 6.45) is 0.629. The predicted molar refractivity (Wildman–Crippen MR) is 68.6 cm³/mol. The summed E-state index contributed by atoms with van der Waals surface area (Å²) in [6.45, 7) is 0. The molecule has 0 aliphatic carbocycles. The second kappa shape index (κ2) is 5.18. The lowest BCUT2D eigenvalue weighted by molar-refractivity contribution is 0.0599. The summed E-state index contributed by atoms with van der Waals surface area (Å²) in [6, 6.07) is 8.40. The van der Waals surface area contributed by atoms with Crippen LogP contribution in [0.4, 0.5) is 0 Å². The van der Waals surface area contributed by atoms with Crippen molar-refractivity contribution in [2.24, 2.45) is 0 Å². The van der Waals surface area contributed by atoms with Crippen molar-refractivity contribution < 1.29 is 18.7 Å². The fourth-order valence-corrected chi connectivity index (χ4v) is 1.92. The van der Waals surface area contributed by atoms with E-state index in [1.165, 1.54) is 7.11 Å². The van der Waals surface area contributed by atoms with Crippen LogP contribution in [0.5, 0.6) is 0 Å². The number of hydrogen-bond acceptors (Lipinski definition) is 4. The largest absolute Gasteiger partial charge is 0.465 e. The maximum Gasteiger partial charge on any atom is 0.339 e. The summed E-state index contributed by atoms with van der Waals surface area (Å²) in [7, 11) is 1.32. The van der Waals surface area contributed by atoms with Gasteiger partial charge < -0.3 is 9.15 Å². The standard InChI is InChI=1S/C13H9BrO4/c1-17-13(16)10-6-8(2-4-11(10)14)12-5-3-9(7-15)18-12/h2-7H,1H3. The first-order chi connectivity index (χ1) is 8.65. The van der Waals surface area contributed by atoms with Crippen LogP contribution in [0.1, 0.15) is 20.9 Å². The monoisotopic (exact) mass is 308 g/mol. The van der Waals surface area contributed by atoms with Crippen LogP contribution in [-0.4, -0.2) is 19.4 Å². The number of carbonyl (C=O) groups excluding carboxylic acids is 2. The maximum atomic E-state index is 11.5. The summed E-state index contributed by atoms with van der Waals surface area (Å²) in [5.74, 6) is 0.327. The molecule has 1 aromatic carbocycles. The fraction of sp³-hybridized carbons (Fsp3) is 0.0769. The van der Waals surface area contributed by atoms with E-state index in [0.717, 1.165) is 0 Å². The zero-order valence-corrected chi connectivity index (χ0v) is 11.1. The molecule has 0 fully saturated rings. The highest BCUT2D eigenvalue weighted by Crippen LogP contribution is 2.27. The van der Waals surface area contributed by atoms with E-state index >= 15 is 0 Å². The smallest absolute Gasteiger partial charge is 0.339 e. The quantitative estimate of drug-likeness (QED) is 0.645. The van der Waals surface area contributed by atoms with E-state index in [9.17, 15) is 9.59 Å². The third-order valence-electron chi connectivity index (χ3n) is 2.40. The molecule has 0 amide bonds. The first-order valence-corrected chi connectivity index (χ1v) is 5.88. The number of aldehydes is 1. The first kappa shape index (κ1) is 12.6. The van der Waals surface area contributed by atoms with Crippen LogP contribution < -0.4 is 0 Å². The molecule has 4 nitrogen and oxygen atoms in total. The molecule has 0 N–H and O–H groups in total. The van der Waals surface area contributed by atoms with Crippen molar-refractivity contribution in [2.75, 3.05) is 7.11 Å². The normalized spacial score (nSPS) is 10.1. The Bertz CT molecular complexity index is 601. The van der Waals surface area contributed by atoms with E-state index in [4.69, 9.17) is 4.42 Å². The van der Waals surface area contributed by atoms with Crippen molar-refractivity contribution in [2.45, 2.75) is 0 Å². The van der Waals surface area contributed by atoms with Gasteiger partial charge in [-0.05, 0) is 40.2 Å². The summed E-state index contributed by atoms with van der Waals surface area (Å²) in [4.78, 5) is 22.1. The Labute approximate surface area is 112 Å². The molecule has 18 heavy (non-hydrogen) atoms. The summed E-state index contributed by atoms with van der Waals surface area (Å²) < 4.78 is 10.6. The molecule has 0 radical (unpaired) electrons. The fourth-order valence-electron chi connectivity index (χ4n) is 1.52. The Balaban J connectivity index is 2.46. The Hall–Kier alpha value is -1.88. The van der Waals surface area contributed by atoms with E-state index in [1.54, 1.807) is 30.3 Å². The lowest BCUT2D eigenvalue weighted by Gasteiger charge is -2.04. The van der Waals surface area contributed by atoms with Gasteiger partial charge in [0.15, 0.2) is 12.0 Å². The Kier molecular flexibility index (Phi) is 3.62. The molecule has 0 aliphatic heterocycles. The molecule has 2 rings (SSSR count). The lowest BCUT2D eigenvalue weighted by atomic mass is 10.1. The van der Waals surface area contributed by atoms with Crippen LogP contribution in [0.3, 0.4) is 0 Å². The molecule has 5 heteroatoms. The minimum Gasteiger partial charge on any atom is -0.465 e. The van der Waals surface area contributed by atoms with E-state index in [1.807, 2.05) is 0 Å². The molecule has 0 atom stereocenters. The second-order valence-corrected chi connectivity index (χ2v) is 4.36. The number of hydrogen-bond donors (Lipinski definition) is 0. The van der Waals surface area contributed by atoms with Gasteiger partial charge in [0.2, 0.25) is 0 Å². The molecule has 1 aromatic heterocycles. The first-order valence-electron chi connectivity index (χ1n) is 5.09. The number of furan rings is 1. The number of benzene rings is 1. The number of carbonyl (C=O) groups is 2. The van der Waals surface area contributed by atoms with Gasteiger partial charge in [-0.15, -0.1) is 0 Å². The topological polar surface area (TPSA) is 56.5 Å². The van der Waals surface area contributed by atoms with Crippen molar-refractivity contribution >= 4 is 28.2 Å². The summed E-state index contributed by atoms with van der Waals surface area (Å²) >= 11 is 3.28. The number of ether oxygens (including phenoxy) is 1. The van der Waals surface area contributed by atoms with Crippen LogP contribution in [0.2, 0.25) is 0 Å². The zero-order valence-electron chi connectivity index (χ0n) is 9.48. The number of halogens is 1. The number of methoxy groups -OCH3 is 1. The average Bonchev–Trinajstić information content (AvgIpc) is 2.87. The Morgan fingerprint density at radius 2 is 2.11 bits per heavy atom. The minimum absolute atomic E-state index is 0.243. The van der Waals surface area contributed by atoms with Crippen molar-refractivity contribution in [3.63, 3.8) is 0 Å². The summed E-state index contributed by atoms with van der Waals surface area (Å²) in [5.41, 5.74) is 1.10. The number of esters is 1. The van der Waals surface area contributed by atoms with Crippen molar-refractivity contribution in [1.82, 2.24) is 0 Å². The van der Waals surface area contributed by atoms with E-state index in [-0.39, 0.29) is 5.76 Å². The van der Waals surface area contributed by atoms with Gasteiger partial charge in [-0.3, -0.25) is 4.79 Å². The molecule has 1 heterocycles. The third kappa shape index (κ3) is 2.36. The van der Waals surface area contributed by atoms with Gasteiger partial charge in [-0.1, -0.05) is 6.07 Å². The predicted octanol–water partition coefficient (Wildman–Crippen LogP) is 3.31. The van der Waals surface area contributed by atoms with Crippen molar-refractivity contribution in [1.29, 1.82) is 0 Å². The van der Waals surface area contributed by atoms with Gasteiger partial charge in [-0.2, -0.15) is 0 Å². The maximum absolute atomic E-state index is 11.5.